The summed E-state index contributed by atoms with van der Waals surface area (Å²) in [6.45, 7) is 3.94. The van der Waals surface area contributed by atoms with Crippen LogP contribution in [-0.4, -0.2) is 28.7 Å². The first-order valence-corrected chi connectivity index (χ1v) is 12.1. The maximum Gasteiger partial charge on any atom is 0.248 e. The number of anilines is 1. The number of rotatable bonds is 5. The number of benzene rings is 2. The van der Waals surface area contributed by atoms with Gasteiger partial charge in [0.05, 0.1) is 11.8 Å². The van der Waals surface area contributed by atoms with Crippen molar-refractivity contribution in [1.29, 1.82) is 0 Å². The van der Waals surface area contributed by atoms with Gasteiger partial charge in [-0.3, -0.25) is 19.3 Å². The lowest BCUT2D eigenvalue weighted by atomic mass is 9.81. The molecule has 2 aromatic carbocycles. The number of nitrogens with one attached hydrogen (secondary N) is 1. The van der Waals surface area contributed by atoms with Gasteiger partial charge in [-0.15, -0.1) is 0 Å². The van der Waals surface area contributed by atoms with Crippen LogP contribution in [0.15, 0.2) is 46.9 Å². The first-order chi connectivity index (χ1) is 15.4. The minimum atomic E-state index is -0.856. The second-order valence-electron chi connectivity index (χ2n) is 9.47. The van der Waals surface area contributed by atoms with Gasteiger partial charge in [-0.05, 0) is 73.8 Å². The van der Waals surface area contributed by atoms with Crippen LogP contribution in [0.5, 0.6) is 0 Å². The summed E-state index contributed by atoms with van der Waals surface area (Å²) in [6.07, 6.45) is 3.33. The number of amides is 3. The Morgan fingerprint density at radius 3 is 2.25 bits per heavy atom. The van der Waals surface area contributed by atoms with E-state index in [1.54, 1.807) is 0 Å². The van der Waals surface area contributed by atoms with Gasteiger partial charge in [0.15, 0.2) is 0 Å². The van der Waals surface area contributed by atoms with Crippen LogP contribution >= 0.6 is 15.9 Å². The van der Waals surface area contributed by atoms with Crippen molar-refractivity contribution in [3.63, 3.8) is 0 Å². The fraction of sp³-hybridized carbons (Fsp3) is 0.423. The molecule has 0 radical (unpaired) electrons. The molecule has 2 aliphatic carbocycles. The van der Waals surface area contributed by atoms with Gasteiger partial charge in [0, 0.05) is 16.6 Å². The minimum Gasteiger partial charge on any atom is -0.324 e. The van der Waals surface area contributed by atoms with Gasteiger partial charge in [-0.25, -0.2) is 0 Å². The third-order valence-corrected chi connectivity index (χ3v) is 8.69. The van der Waals surface area contributed by atoms with Gasteiger partial charge in [0.1, 0.15) is 6.04 Å². The molecule has 2 saturated carbocycles. The smallest absolute Gasteiger partial charge is 0.248 e. The number of likely N-dealkylation sites (tertiary alicyclic amines) is 1. The Labute approximate surface area is 196 Å². The Morgan fingerprint density at radius 2 is 1.62 bits per heavy atom. The van der Waals surface area contributed by atoms with E-state index >= 15 is 0 Å². The number of carbonyl (C=O) groups is 3. The summed E-state index contributed by atoms with van der Waals surface area (Å²) in [5.41, 5.74) is 3.63. The standard InChI is InChI=1S/C26H27BrN2O3/c1-14-15(2)20(11-10-19(14)27)28-24(30)21(12-16-6-4-3-5-7-16)29-25(31)22-17-8-9-18(13-17)23(22)26(29)32/h3-7,10-11,17-18,21-23H,8-9,12-13H2,1-2H3,(H,28,30)/t17-,18-,21-,22+,23+/m0/s1. The molecule has 3 aliphatic rings. The SMILES string of the molecule is Cc1c(Br)ccc(NC(=O)[C@H](Cc2ccccc2)N2C(=O)[C@@H]3[C@H]4CC[C@@H](C4)[C@H]3C2=O)c1C. The minimum absolute atomic E-state index is 0.146. The third-order valence-electron chi connectivity index (χ3n) is 7.83. The lowest BCUT2D eigenvalue weighted by Crippen LogP contribution is -2.49. The fourth-order valence-electron chi connectivity index (χ4n) is 6.02. The monoisotopic (exact) mass is 494 g/mol. The van der Waals surface area contributed by atoms with Gasteiger partial charge in [-0.2, -0.15) is 0 Å². The van der Waals surface area contributed by atoms with Crippen LogP contribution in [0.25, 0.3) is 0 Å². The second kappa shape index (κ2) is 8.14. The number of nitrogens with zero attached hydrogens (tertiary/aromatic N) is 1. The molecule has 6 heteroatoms. The summed E-state index contributed by atoms with van der Waals surface area (Å²) in [5.74, 6) is -0.480. The van der Waals surface area contributed by atoms with Gasteiger partial charge in [-0.1, -0.05) is 46.3 Å². The van der Waals surface area contributed by atoms with Crippen LogP contribution in [0.4, 0.5) is 5.69 Å². The molecule has 3 amide bonds. The maximum absolute atomic E-state index is 13.6. The summed E-state index contributed by atoms with van der Waals surface area (Å²) in [4.78, 5) is 41.8. The lowest BCUT2D eigenvalue weighted by Gasteiger charge is -2.27. The molecule has 5 atom stereocenters. The van der Waals surface area contributed by atoms with E-state index in [9.17, 15) is 14.4 Å². The molecule has 0 aromatic heterocycles. The molecule has 2 aromatic rings. The van der Waals surface area contributed by atoms with E-state index in [1.165, 1.54) is 4.90 Å². The predicted octanol–water partition coefficient (Wildman–Crippen LogP) is 4.65. The first-order valence-electron chi connectivity index (χ1n) is 11.3. The molecule has 0 unspecified atom stereocenters. The second-order valence-corrected chi connectivity index (χ2v) is 10.3. The number of hydrogen-bond donors (Lipinski definition) is 1. The van der Waals surface area contributed by atoms with E-state index in [0.717, 1.165) is 40.4 Å². The zero-order valence-electron chi connectivity index (χ0n) is 18.3. The third kappa shape index (κ3) is 3.40. The highest BCUT2D eigenvalue weighted by molar-refractivity contribution is 9.10. The first kappa shape index (κ1) is 21.4. The average Bonchev–Trinajstić information content (AvgIpc) is 3.47. The van der Waals surface area contributed by atoms with Crippen molar-refractivity contribution in [1.82, 2.24) is 4.90 Å². The van der Waals surface area contributed by atoms with Crippen LogP contribution < -0.4 is 5.32 Å². The lowest BCUT2D eigenvalue weighted by molar-refractivity contribution is -0.147. The van der Waals surface area contributed by atoms with Crippen molar-refractivity contribution < 1.29 is 14.4 Å². The number of halogens is 1. The molecular formula is C26H27BrN2O3. The highest BCUT2D eigenvalue weighted by Gasteiger charge is 2.62. The topological polar surface area (TPSA) is 66.5 Å². The van der Waals surface area contributed by atoms with Crippen molar-refractivity contribution in [3.8, 4) is 0 Å². The van der Waals surface area contributed by atoms with E-state index < -0.39 is 6.04 Å². The zero-order chi connectivity index (χ0) is 22.6. The molecule has 32 heavy (non-hydrogen) atoms. The molecule has 1 saturated heterocycles. The molecule has 1 N–H and O–H groups in total. The van der Waals surface area contributed by atoms with Crippen molar-refractivity contribution in [2.45, 2.75) is 45.6 Å². The van der Waals surface area contributed by atoms with E-state index in [-0.39, 0.29) is 29.6 Å². The zero-order valence-corrected chi connectivity index (χ0v) is 19.9. The normalized spacial score (nSPS) is 27.0. The van der Waals surface area contributed by atoms with E-state index in [4.69, 9.17) is 0 Å². The molecule has 1 aliphatic heterocycles. The molecule has 166 valence electrons. The Kier molecular flexibility index (Phi) is 5.44. The van der Waals surface area contributed by atoms with Crippen molar-refractivity contribution >= 4 is 39.3 Å². The Morgan fingerprint density at radius 1 is 1.00 bits per heavy atom. The van der Waals surface area contributed by atoms with E-state index in [1.807, 2.05) is 56.3 Å². The number of hydrogen-bond acceptors (Lipinski definition) is 3. The van der Waals surface area contributed by atoms with Crippen LogP contribution in [0.1, 0.15) is 36.0 Å². The Balaban J connectivity index is 1.47. The van der Waals surface area contributed by atoms with Gasteiger partial charge < -0.3 is 5.32 Å². The van der Waals surface area contributed by atoms with Crippen molar-refractivity contribution in [2.24, 2.45) is 23.7 Å². The predicted molar refractivity (Wildman–Crippen MR) is 126 cm³/mol. The Bertz CT molecular complexity index is 1070. The van der Waals surface area contributed by atoms with Crippen molar-refractivity contribution in [2.75, 3.05) is 5.32 Å². The quantitative estimate of drug-likeness (QED) is 0.615. The van der Waals surface area contributed by atoms with Crippen LogP contribution in [-0.2, 0) is 20.8 Å². The van der Waals surface area contributed by atoms with Crippen LogP contribution in [0, 0.1) is 37.5 Å². The Hall–Kier alpha value is -2.47. The summed E-state index contributed by atoms with van der Waals surface area (Å²) < 4.78 is 0.974. The molecule has 0 spiro atoms. The summed E-state index contributed by atoms with van der Waals surface area (Å²) >= 11 is 3.52. The van der Waals surface area contributed by atoms with Gasteiger partial charge in [0.25, 0.3) is 0 Å². The summed E-state index contributed by atoms with van der Waals surface area (Å²) in [6, 6.07) is 12.5. The number of carbonyl (C=O) groups excluding carboxylic acids is 3. The summed E-state index contributed by atoms with van der Waals surface area (Å²) in [7, 11) is 0. The largest absolute Gasteiger partial charge is 0.324 e. The summed E-state index contributed by atoms with van der Waals surface area (Å²) in [5, 5.41) is 3.01. The van der Waals surface area contributed by atoms with Crippen LogP contribution in [0.2, 0.25) is 0 Å². The molecule has 1 heterocycles. The van der Waals surface area contributed by atoms with Crippen molar-refractivity contribution in [3.05, 3.63) is 63.6 Å². The van der Waals surface area contributed by atoms with E-state index in [0.29, 0.717) is 23.9 Å². The van der Waals surface area contributed by atoms with Crippen LogP contribution in [0.3, 0.4) is 0 Å². The number of imide groups is 1. The maximum atomic E-state index is 13.6. The molecule has 5 nitrogen and oxygen atoms in total. The highest BCUT2D eigenvalue weighted by Crippen LogP contribution is 2.56. The molecular weight excluding hydrogens is 468 g/mol. The average molecular weight is 495 g/mol. The molecule has 5 rings (SSSR count). The highest BCUT2D eigenvalue weighted by atomic mass is 79.9. The fourth-order valence-corrected chi connectivity index (χ4v) is 6.45. The molecule has 2 bridgehead atoms. The number of fused-ring (bicyclic) bond motifs is 5. The van der Waals surface area contributed by atoms with Gasteiger partial charge >= 0.3 is 0 Å². The van der Waals surface area contributed by atoms with E-state index in [2.05, 4.69) is 21.2 Å². The van der Waals surface area contributed by atoms with Gasteiger partial charge in [0.2, 0.25) is 17.7 Å². The molecule has 3 fully saturated rings.